The van der Waals surface area contributed by atoms with Crippen LogP contribution in [0.15, 0.2) is 42.5 Å². The molecule has 1 heterocycles. The lowest BCUT2D eigenvalue weighted by atomic mass is 9.99. The van der Waals surface area contributed by atoms with Gasteiger partial charge in [0.25, 0.3) is 5.91 Å². The molecule has 1 aliphatic heterocycles. The van der Waals surface area contributed by atoms with Crippen molar-refractivity contribution in [2.45, 2.75) is 39.0 Å². The summed E-state index contributed by atoms with van der Waals surface area (Å²) in [6.07, 6.45) is 0.787. The number of amides is 1. The molecule has 0 saturated carbocycles. The molecule has 168 valence electrons. The Hall–Kier alpha value is -2.22. The molecule has 1 N–H and O–H groups in total. The summed E-state index contributed by atoms with van der Waals surface area (Å²) >= 11 is 0. The van der Waals surface area contributed by atoms with Gasteiger partial charge in [0.1, 0.15) is 0 Å². The third-order valence-electron chi connectivity index (χ3n) is 6.07. The van der Waals surface area contributed by atoms with Crippen molar-refractivity contribution >= 4 is 15.9 Å². The molecule has 7 heteroatoms. The third kappa shape index (κ3) is 5.93. The lowest BCUT2D eigenvalue weighted by molar-refractivity contribution is 0.0935. The summed E-state index contributed by atoms with van der Waals surface area (Å²) in [6, 6.07) is 13.1. The molecule has 1 saturated heterocycles. The zero-order valence-electron chi connectivity index (χ0n) is 18.9. The minimum Gasteiger partial charge on any atom is -0.345 e. The fourth-order valence-electron chi connectivity index (χ4n) is 3.76. The van der Waals surface area contributed by atoms with Crippen LogP contribution in [0.3, 0.4) is 0 Å². The van der Waals surface area contributed by atoms with Gasteiger partial charge in [-0.25, -0.2) is 8.42 Å². The Bertz CT molecular complexity index is 1010. The van der Waals surface area contributed by atoms with E-state index < -0.39 is 10.0 Å². The van der Waals surface area contributed by atoms with Crippen LogP contribution in [0.2, 0.25) is 0 Å². The summed E-state index contributed by atoms with van der Waals surface area (Å²) in [7, 11) is -1.36. The molecule has 3 rings (SSSR count). The molecule has 0 bridgehead atoms. The van der Waals surface area contributed by atoms with E-state index in [1.165, 1.54) is 11.1 Å². The second-order valence-corrected chi connectivity index (χ2v) is 10.4. The molecular weight excluding hydrogens is 410 g/mol. The molecule has 0 spiro atoms. The van der Waals surface area contributed by atoms with Gasteiger partial charge < -0.3 is 10.2 Å². The van der Waals surface area contributed by atoms with Crippen LogP contribution in [0.4, 0.5) is 0 Å². The average molecular weight is 444 g/mol. The van der Waals surface area contributed by atoms with E-state index >= 15 is 0 Å². The number of hydrogen-bond donors (Lipinski definition) is 1. The van der Waals surface area contributed by atoms with E-state index in [1.54, 1.807) is 28.6 Å². The van der Waals surface area contributed by atoms with E-state index in [0.29, 0.717) is 24.2 Å². The van der Waals surface area contributed by atoms with Crippen molar-refractivity contribution in [1.82, 2.24) is 14.5 Å². The lowest BCUT2D eigenvalue weighted by Gasteiger charge is -2.31. The van der Waals surface area contributed by atoms with Gasteiger partial charge in [0.2, 0.25) is 10.0 Å². The third-order valence-corrected chi connectivity index (χ3v) is 7.92. The van der Waals surface area contributed by atoms with Gasteiger partial charge in [-0.3, -0.25) is 4.79 Å². The van der Waals surface area contributed by atoms with Crippen molar-refractivity contribution in [2.24, 2.45) is 0 Å². The maximum absolute atomic E-state index is 12.8. The van der Waals surface area contributed by atoms with E-state index in [0.717, 1.165) is 25.1 Å². The van der Waals surface area contributed by atoms with Gasteiger partial charge >= 0.3 is 0 Å². The Kier molecular flexibility index (Phi) is 7.51. The largest absolute Gasteiger partial charge is 0.345 e. The lowest BCUT2D eigenvalue weighted by Crippen LogP contribution is -2.47. The molecular formula is C24H33N3O3S. The van der Waals surface area contributed by atoms with Crippen LogP contribution in [0.5, 0.6) is 0 Å². The fraction of sp³-hybridized carbons (Fsp3) is 0.458. The Balaban J connectivity index is 1.64. The average Bonchev–Trinajstić information content (AvgIpc) is 2.74. The van der Waals surface area contributed by atoms with Crippen molar-refractivity contribution in [1.29, 1.82) is 0 Å². The van der Waals surface area contributed by atoms with E-state index in [9.17, 15) is 13.2 Å². The highest BCUT2D eigenvalue weighted by molar-refractivity contribution is 7.88. The molecule has 31 heavy (non-hydrogen) atoms. The first-order valence-electron chi connectivity index (χ1n) is 10.8. The summed E-state index contributed by atoms with van der Waals surface area (Å²) in [5.41, 5.74) is 4.75. The molecule has 0 radical (unpaired) electrons. The van der Waals surface area contributed by atoms with Gasteiger partial charge in [0, 0.05) is 31.7 Å². The summed E-state index contributed by atoms with van der Waals surface area (Å²) in [5.74, 6) is -0.197. The van der Waals surface area contributed by atoms with Gasteiger partial charge in [-0.2, -0.15) is 4.31 Å². The predicted octanol–water partition coefficient (Wildman–Crippen LogP) is 3.26. The predicted molar refractivity (Wildman–Crippen MR) is 125 cm³/mol. The molecule has 0 aliphatic carbocycles. The highest BCUT2D eigenvalue weighted by Gasteiger charge is 2.26. The molecule has 1 atom stereocenters. The highest BCUT2D eigenvalue weighted by Crippen LogP contribution is 2.21. The normalized spacial score (nSPS) is 16.8. The molecule has 1 amide bonds. The van der Waals surface area contributed by atoms with Gasteiger partial charge in [0.05, 0.1) is 11.8 Å². The standard InChI is InChI=1S/C24H33N3O3S/c1-5-23(22-9-6-18(2)19(3)16-22)25-24(28)21-10-7-20(8-11-21)17-31(29,30)27-14-12-26(4)13-15-27/h6-11,16,23H,5,12-15,17H2,1-4H3,(H,25,28). The zero-order valence-corrected chi connectivity index (χ0v) is 19.7. The van der Waals surface area contributed by atoms with Crippen molar-refractivity contribution < 1.29 is 13.2 Å². The topological polar surface area (TPSA) is 69.7 Å². The number of hydrogen-bond acceptors (Lipinski definition) is 4. The Labute approximate surface area is 186 Å². The van der Waals surface area contributed by atoms with Crippen LogP contribution < -0.4 is 5.32 Å². The molecule has 1 fully saturated rings. The molecule has 2 aromatic carbocycles. The number of benzene rings is 2. The number of rotatable bonds is 7. The number of aryl methyl sites for hydroxylation is 2. The Morgan fingerprint density at radius 3 is 2.23 bits per heavy atom. The summed E-state index contributed by atoms with van der Waals surface area (Å²) in [6.45, 7) is 8.74. The number of likely N-dealkylation sites (N-methyl/N-ethyl adjacent to an activating group) is 1. The van der Waals surface area contributed by atoms with Crippen molar-refractivity contribution in [3.8, 4) is 0 Å². The maximum Gasteiger partial charge on any atom is 0.251 e. The van der Waals surface area contributed by atoms with Crippen LogP contribution >= 0.6 is 0 Å². The van der Waals surface area contributed by atoms with Crippen LogP contribution in [0, 0.1) is 13.8 Å². The van der Waals surface area contributed by atoms with Crippen LogP contribution in [0.1, 0.15) is 52.0 Å². The second-order valence-electron chi connectivity index (χ2n) is 8.43. The minimum atomic E-state index is -3.35. The highest BCUT2D eigenvalue weighted by atomic mass is 32.2. The molecule has 1 unspecified atom stereocenters. The molecule has 2 aromatic rings. The van der Waals surface area contributed by atoms with Crippen molar-refractivity contribution in [3.05, 3.63) is 70.3 Å². The van der Waals surface area contributed by atoms with Gasteiger partial charge in [-0.1, -0.05) is 37.3 Å². The molecule has 6 nitrogen and oxygen atoms in total. The number of carbonyl (C=O) groups excluding carboxylic acids is 1. The van der Waals surface area contributed by atoms with Gasteiger partial charge in [-0.05, 0) is 61.7 Å². The van der Waals surface area contributed by atoms with Gasteiger partial charge in [-0.15, -0.1) is 0 Å². The van der Waals surface area contributed by atoms with Crippen LogP contribution in [-0.2, 0) is 15.8 Å². The van der Waals surface area contributed by atoms with Crippen molar-refractivity contribution in [3.63, 3.8) is 0 Å². The number of sulfonamides is 1. The van der Waals surface area contributed by atoms with Gasteiger partial charge in [0.15, 0.2) is 0 Å². The van der Waals surface area contributed by atoms with E-state index in [4.69, 9.17) is 0 Å². The Morgan fingerprint density at radius 2 is 1.65 bits per heavy atom. The monoisotopic (exact) mass is 443 g/mol. The summed E-state index contributed by atoms with van der Waals surface area (Å²) in [4.78, 5) is 14.9. The first-order valence-corrected chi connectivity index (χ1v) is 12.4. The number of carbonyl (C=O) groups is 1. The first-order chi connectivity index (χ1) is 14.7. The van der Waals surface area contributed by atoms with E-state index in [1.807, 2.05) is 14.0 Å². The fourth-order valence-corrected chi connectivity index (χ4v) is 5.28. The quantitative estimate of drug-likeness (QED) is 0.713. The number of nitrogens with zero attached hydrogens (tertiary/aromatic N) is 2. The van der Waals surface area contributed by atoms with Crippen LogP contribution in [-0.4, -0.2) is 56.8 Å². The SMILES string of the molecule is CCC(NC(=O)c1ccc(CS(=O)(=O)N2CCN(C)CC2)cc1)c1ccc(C)c(C)c1. The zero-order chi connectivity index (χ0) is 22.6. The second kappa shape index (κ2) is 9.94. The molecule has 1 aliphatic rings. The molecule has 0 aromatic heterocycles. The smallest absolute Gasteiger partial charge is 0.251 e. The number of nitrogens with one attached hydrogen (secondary N) is 1. The first kappa shape index (κ1) is 23.4. The van der Waals surface area contributed by atoms with Crippen molar-refractivity contribution in [2.75, 3.05) is 33.2 Å². The van der Waals surface area contributed by atoms with E-state index in [2.05, 4.69) is 42.3 Å². The summed E-state index contributed by atoms with van der Waals surface area (Å²) in [5, 5.41) is 3.10. The Morgan fingerprint density at radius 1 is 1.00 bits per heavy atom. The number of piperazine rings is 1. The maximum atomic E-state index is 12.8. The van der Waals surface area contributed by atoms with Crippen LogP contribution in [0.25, 0.3) is 0 Å². The minimum absolute atomic E-state index is 0.0428. The van der Waals surface area contributed by atoms with E-state index in [-0.39, 0.29) is 17.7 Å². The summed E-state index contributed by atoms with van der Waals surface area (Å²) < 4.78 is 27.0.